The number of amides is 1. The highest BCUT2D eigenvalue weighted by Gasteiger charge is 2.70. The number of nitrogens with one attached hydrogen (secondary N) is 1. The van der Waals surface area contributed by atoms with Crippen LogP contribution in [0.1, 0.15) is 51.5 Å². The highest BCUT2D eigenvalue weighted by molar-refractivity contribution is 6.31. The number of nitrogens with zero attached hydrogens (tertiary/aromatic N) is 6. The molecule has 3 aromatic carbocycles. The van der Waals surface area contributed by atoms with Gasteiger partial charge in [0, 0.05) is 39.4 Å². The van der Waals surface area contributed by atoms with Gasteiger partial charge in [-0.05, 0) is 63.6 Å². The summed E-state index contributed by atoms with van der Waals surface area (Å²) in [5, 5.41) is 13.2. The number of hydrogen-bond donors (Lipinski definition) is 1. The van der Waals surface area contributed by atoms with Crippen LogP contribution >= 0.6 is 11.6 Å². The predicted molar refractivity (Wildman–Crippen MR) is 166 cm³/mol. The Morgan fingerprint density at radius 1 is 1.05 bits per heavy atom. The van der Waals surface area contributed by atoms with Gasteiger partial charge in [-0.25, -0.2) is 14.3 Å². The van der Waals surface area contributed by atoms with Gasteiger partial charge in [0.05, 0.1) is 17.3 Å². The molecule has 4 atom stereocenters. The molecule has 220 valence electrons. The highest BCUT2D eigenvalue weighted by atomic mass is 35.5. The topological polar surface area (TPSA) is 97.9 Å². The van der Waals surface area contributed by atoms with Crippen LogP contribution < -0.4 is 5.32 Å². The van der Waals surface area contributed by atoms with E-state index in [1.807, 2.05) is 85.3 Å². The van der Waals surface area contributed by atoms with Gasteiger partial charge in [0.2, 0.25) is 5.91 Å². The SMILES string of the molecule is Cc1ccc(C(=O)C2C(c3c(C)nn(-c4ccccc4)c3-n3cncn3)C3CCCN3C23C(=O)Nc2ccc(Cl)cc23)cc1. The van der Waals surface area contributed by atoms with Crippen LogP contribution in [0.5, 0.6) is 0 Å². The molecule has 9 nitrogen and oxygen atoms in total. The van der Waals surface area contributed by atoms with E-state index < -0.39 is 11.5 Å². The summed E-state index contributed by atoms with van der Waals surface area (Å²) in [5.74, 6) is -0.691. The molecule has 44 heavy (non-hydrogen) atoms. The standard InChI is InChI=1S/C34H30ClN7O2/c1-20-10-12-22(13-11-20)31(43)30-29(27-9-6-16-40(27)34(30)25-17-23(35)14-15-26(25)38-33(34)44)28-21(2)39-42(24-7-4-3-5-8-24)32(28)41-19-36-18-37-41/h3-5,7-8,10-15,17-19,27,29-30H,6,9,16H2,1-2H3,(H,38,44). The summed E-state index contributed by atoms with van der Waals surface area (Å²) in [6.07, 6.45) is 4.89. The van der Waals surface area contributed by atoms with E-state index >= 15 is 4.79 Å². The van der Waals surface area contributed by atoms with Crippen molar-refractivity contribution in [2.24, 2.45) is 5.92 Å². The third-order valence-corrected chi connectivity index (χ3v) is 9.87. The van der Waals surface area contributed by atoms with E-state index in [-0.39, 0.29) is 23.7 Å². The first-order chi connectivity index (χ1) is 21.4. The van der Waals surface area contributed by atoms with E-state index in [0.29, 0.717) is 28.6 Å². The van der Waals surface area contributed by atoms with E-state index in [4.69, 9.17) is 16.7 Å². The number of Topliss-reactive ketones (excluding diaryl/α,β-unsaturated/α-hetero) is 1. The van der Waals surface area contributed by atoms with Crippen LogP contribution in [0.4, 0.5) is 5.69 Å². The molecule has 5 aromatic rings. The van der Waals surface area contributed by atoms with E-state index in [1.165, 1.54) is 6.33 Å². The van der Waals surface area contributed by atoms with Crippen molar-refractivity contribution in [1.82, 2.24) is 29.4 Å². The van der Waals surface area contributed by atoms with Gasteiger partial charge in [-0.2, -0.15) is 10.2 Å². The predicted octanol–water partition coefficient (Wildman–Crippen LogP) is 5.63. The molecule has 0 aliphatic carbocycles. The van der Waals surface area contributed by atoms with Gasteiger partial charge in [-0.1, -0.05) is 59.6 Å². The molecule has 4 unspecified atom stereocenters. The van der Waals surface area contributed by atoms with Gasteiger partial charge < -0.3 is 5.32 Å². The van der Waals surface area contributed by atoms with E-state index in [1.54, 1.807) is 17.1 Å². The van der Waals surface area contributed by atoms with Crippen molar-refractivity contribution in [1.29, 1.82) is 0 Å². The van der Waals surface area contributed by atoms with Gasteiger partial charge >= 0.3 is 0 Å². The number of hydrogen-bond acceptors (Lipinski definition) is 6. The monoisotopic (exact) mass is 603 g/mol. The Morgan fingerprint density at radius 3 is 2.59 bits per heavy atom. The number of aryl methyl sites for hydroxylation is 2. The smallest absolute Gasteiger partial charge is 0.250 e. The van der Waals surface area contributed by atoms with E-state index in [9.17, 15) is 4.79 Å². The number of anilines is 1. The molecule has 0 saturated carbocycles. The molecule has 8 rings (SSSR count). The maximum absolute atomic E-state index is 15.1. The number of aromatic nitrogens is 5. The normalized spacial score (nSPS) is 24.1. The Hall–Kier alpha value is -4.60. The van der Waals surface area contributed by atoms with Gasteiger partial charge in [0.1, 0.15) is 18.2 Å². The fraction of sp³-hybridized carbons (Fsp3) is 0.265. The van der Waals surface area contributed by atoms with Crippen LogP contribution in [0.3, 0.4) is 0 Å². The van der Waals surface area contributed by atoms with Gasteiger partial charge in [-0.3, -0.25) is 14.5 Å². The first kappa shape index (κ1) is 27.0. The summed E-state index contributed by atoms with van der Waals surface area (Å²) in [4.78, 5) is 36.1. The molecule has 3 aliphatic heterocycles. The van der Waals surface area contributed by atoms with Crippen molar-refractivity contribution < 1.29 is 9.59 Å². The Morgan fingerprint density at radius 2 is 1.84 bits per heavy atom. The second kappa shape index (κ2) is 9.97. The third kappa shape index (κ3) is 3.72. The molecular weight excluding hydrogens is 574 g/mol. The molecular formula is C34H30ClN7O2. The lowest BCUT2D eigenvalue weighted by Crippen LogP contribution is -2.52. The number of carbonyl (C=O) groups excluding carboxylic acids is 2. The van der Waals surface area contributed by atoms with Crippen molar-refractivity contribution in [3.05, 3.63) is 118 Å². The van der Waals surface area contributed by atoms with Crippen molar-refractivity contribution in [3.63, 3.8) is 0 Å². The second-order valence-electron chi connectivity index (χ2n) is 12.0. The minimum Gasteiger partial charge on any atom is -0.324 e. The molecule has 3 aliphatic rings. The summed E-state index contributed by atoms with van der Waals surface area (Å²) < 4.78 is 3.59. The average Bonchev–Trinajstić information content (AvgIpc) is 3.85. The number of para-hydroxylation sites is 1. The van der Waals surface area contributed by atoms with Crippen LogP contribution in [0, 0.1) is 19.8 Å². The van der Waals surface area contributed by atoms with Crippen LogP contribution in [-0.4, -0.2) is 53.7 Å². The minimum absolute atomic E-state index is 0.0798. The lowest BCUT2D eigenvalue weighted by Gasteiger charge is -2.37. The molecule has 2 saturated heterocycles. The maximum atomic E-state index is 15.1. The van der Waals surface area contributed by atoms with Gasteiger partial charge in [-0.15, -0.1) is 0 Å². The first-order valence-electron chi connectivity index (χ1n) is 14.9. The van der Waals surface area contributed by atoms with E-state index in [0.717, 1.165) is 40.9 Å². The molecule has 2 aromatic heterocycles. The van der Waals surface area contributed by atoms with Gasteiger partial charge in [0.15, 0.2) is 11.6 Å². The fourth-order valence-electron chi connectivity index (χ4n) is 7.95. The molecule has 2 fully saturated rings. The Bertz CT molecular complexity index is 1920. The summed E-state index contributed by atoms with van der Waals surface area (Å²) in [6.45, 7) is 4.66. The summed E-state index contributed by atoms with van der Waals surface area (Å²) in [6, 6.07) is 22.9. The summed E-state index contributed by atoms with van der Waals surface area (Å²) in [5.41, 5.74) is 4.37. The van der Waals surface area contributed by atoms with Crippen molar-refractivity contribution in [2.75, 3.05) is 11.9 Å². The fourth-order valence-corrected chi connectivity index (χ4v) is 8.13. The first-order valence-corrected chi connectivity index (χ1v) is 15.3. The van der Waals surface area contributed by atoms with Crippen LogP contribution in [0.25, 0.3) is 11.5 Å². The average molecular weight is 604 g/mol. The second-order valence-corrected chi connectivity index (χ2v) is 12.4. The lowest BCUT2D eigenvalue weighted by atomic mass is 9.68. The number of rotatable bonds is 5. The molecule has 1 spiro atoms. The third-order valence-electron chi connectivity index (χ3n) is 9.63. The number of carbonyl (C=O) groups is 2. The Labute approximate surface area is 259 Å². The minimum atomic E-state index is -1.24. The number of halogens is 1. The van der Waals surface area contributed by atoms with Crippen LogP contribution in [-0.2, 0) is 10.3 Å². The Kier molecular flexibility index (Phi) is 6.11. The molecule has 1 N–H and O–H groups in total. The van der Waals surface area contributed by atoms with Crippen molar-refractivity contribution in [3.8, 4) is 11.5 Å². The molecule has 5 heterocycles. The quantitative estimate of drug-likeness (QED) is 0.262. The van der Waals surface area contributed by atoms with E-state index in [2.05, 4.69) is 20.3 Å². The molecule has 1 amide bonds. The zero-order valence-electron chi connectivity index (χ0n) is 24.3. The van der Waals surface area contributed by atoms with Gasteiger partial charge in [0.25, 0.3) is 0 Å². The largest absolute Gasteiger partial charge is 0.324 e. The van der Waals surface area contributed by atoms with Crippen LogP contribution in [0.15, 0.2) is 85.5 Å². The number of benzene rings is 3. The number of fused-ring (bicyclic) bond motifs is 4. The molecule has 0 radical (unpaired) electrons. The number of ketones is 1. The highest BCUT2D eigenvalue weighted by Crippen LogP contribution is 2.62. The molecule has 0 bridgehead atoms. The maximum Gasteiger partial charge on any atom is 0.250 e. The Balaban J connectivity index is 1.43. The van der Waals surface area contributed by atoms with Crippen molar-refractivity contribution >= 4 is 29.0 Å². The van der Waals surface area contributed by atoms with Crippen LogP contribution in [0.2, 0.25) is 5.02 Å². The zero-order chi connectivity index (χ0) is 30.2. The molecule has 10 heteroatoms. The summed E-state index contributed by atoms with van der Waals surface area (Å²) >= 11 is 6.61. The summed E-state index contributed by atoms with van der Waals surface area (Å²) in [7, 11) is 0. The zero-order valence-corrected chi connectivity index (χ0v) is 25.1. The van der Waals surface area contributed by atoms with Crippen molar-refractivity contribution in [2.45, 2.75) is 44.2 Å². The lowest BCUT2D eigenvalue weighted by molar-refractivity contribution is -0.127.